The number of nitrogens with one attached hydrogen (secondary N) is 2. The third-order valence-corrected chi connectivity index (χ3v) is 6.81. The summed E-state index contributed by atoms with van der Waals surface area (Å²) in [5, 5.41) is 8.88. The zero-order valence-electron chi connectivity index (χ0n) is 20.2. The lowest BCUT2D eigenvalue weighted by atomic mass is 10.0. The summed E-state index contributed by atoms with van der Waals surface area (Å²) in [5.74, 6) is -0.881. The van der Waals surface area contributed by atoms with Crippen LogP contribution >= 0.6 is 0 Å². The normalized spacial score (nSPS) is 16.5. The number of aromatic nitrogens is 5. The van der Waals surface area contributed by atoms with Crippen LogP contribution in [-0.4, -0.2) is 50.0 Å². The predicted molar refractivity (Wildman–Crippen MR) is 129 cm³/mol. The molecular weight excluding hydrogens is 522 g/mol. The summed E-state index contributed by atoms with van der Waals surface area (Å²) in [6.07, 6.45) is 1.60. The summed E-state index contributed by atoms with van der Waals surface area (Å²) < 4.78 is 66.5. The van der Waals surface area contributed by atoms with Crippen molar-refractivity contribution in [3.63, 3.8) is 0 Å². The fourth-order valence-corrected chi connectivity index (χ4v) is 4.24. The van der Waals surface area contributed by atoms with E-state index in [1.54, 1.807) is 12.4 Å². The Kier molecular flexibility index (Phi) is 6.05. The number of halogens is 4. The molecule has 0 unspecified atom stereocenters. The maximum atomic E-state index is 14.8. The van der Waals surface area contributed by atoms with Crippen molar-refractivity contribution >= 4 is 23.5 Å². The number of carbonyl (C=O) groups is 1. The number of hydrogen-bond acceptors (Lipinski definition) is 8. The molecule has 1 amide bonds. The molecule has 0 spiro atoms. The van der Waals surface area contributed by atoms with Crippen LogP contribution in [0.5, 0.6) is 0 Å². The van der Waals surface area contributed by atoms with E-state index in [0.717, 1.165) is 6.07 Å². The van der Waals surface area contributed by atoms with E-state index in [0.29, 0.717) is 36.1 Å². The van der Waals surface area contributed by atoms with Crippen LogP contribution in [0.15, 0.2) is 53.7 Å². The second-order valence-electron chi connectivity index (χ2n) is 9.51. The van der Waals surface area contributed by atoms with E-state index in [4.69, 9.17) is 9.26 Å². The highest BCUT2D eigenvalue weighted by atomic mass is 19.4. The highest BCUT2D eigenvalue weighted by molar-refractivity contribution is 5.91. The van der Waals surface area contributed by atoms with Gasteiger partial charge < -0.3 is 24.5 Å². The van der Waals surface area contributed by atoms with Crippen LogP contribution in [0.2, 0.25) is 0 Å². The van der Waals surface area contributed by atoms with Crippen molar-refractivity contribution in [1.82, 2.24) is 24.7 Å². The molecule has 2 fully saturated rings. The molecule has 1 aliphatic carbocycles. The molecule has 3 aromatic heterocycles. The van der Waals surface area contributed by atoms with Crippen LogP contribution in [0.4, 0.5) is 35.1 Å². The molecule has 2 aliphatic rings. The quantitative estimate of drug-likeness (QED) is 0.311. The first-order chi connectivity index (χ1) is 18.7. The lowest BCUT2D eigenvalue weighted by Crippen LogP contribution is -2.29. The summed E-state index contributed by atoms with van der Waals surface area (Å²) in [7, 11) is 0. The van der Waals surface area contributed by atoms with Crippen LogP contribution in [0.25, 0.3) is 11.1 Å². The van der Waals surface area contributed by atoms with Gasteiger partial charge in [0.15, 0.2) is 17.4 Å². The van der Waals surface area contributed by atoms with E-state index in [2.05, 4.69) is 30.7 Å². The van der Waals surface area contributed by atoms with E-state index in [9.17, 15) is 22.4 Å². The Morgan fingerprint density at radius 2 is 1.85 bits per heavy atom. The van der Waals surface area contributed by atoms with Crippen LogP contribution in [0.1, 0.15) is 30.2 Å². The Hall–Kier alpha value is -4.33. The van der Waals surface area contributed by atoms with Gasteiger partial charge in [-0.2, -0.15) is 13.2 Å². The number of amides is 1. The number of rotatable bonds is 8. The third kappa shape index (κ3) is 4.94. The molecule has 0 radical (unpaired) electrons. The second kappa shape index (κ2) is 9.45. The summed E-state index contributed by atoms with van der Waals surface area (Å²) in [6, 6.07) is 5.66. The van der Waals surface area contributed by atoms with Gasteiger partial charge in [0.25, 0.3) is 0 Å². The van der Waals surface area contributed by atoms with Crippen molar-refractivity contribution < 1.29 is 31.6 Å². The van der Waals surface area contributed by atoms with Gasteiger partial charge in [0.1, 0.15) is 11.2 Å². The summed E-state index contributed by atoms with van der Waals surface area (Å²) >= 11 is 0. The predicted octanol–water partition coefficient (Wildman–Crippen LogP) is 4.56. The molecule has 0 bridgehead atoms. The fourth-order valence-electron chi connectivity index (χ4n) is 4.24. The molecule has 6 rings (SSSR count). The standard InChI is InChI=1S/C25H21F4N7O3/c26-18-5-14(16-8-30-23(31-9-16)34-21-10-36(13-32-21)17-11-38-12-17)1-2-15(18)6-22(37)33-20-7-19(39-35-20)24(3-4-24)25(27,28)29/h1-2,5,7-10,13,17H,3-4,6,11-12H2,(H,30,31,34)(H,33,35,37). The van der Waals surface area contributed by atoms with Crippen LogP contribution in [0.3, 0.4) is 0 Å². The SMILES string of the molecule is O=C(Cc1ccc(-c2cnc(Nc3cn(C4COC4)cn3)nc2)cc1F)Nc1cc(C2(C(F)(F)F)CC2)on1. The smallest absolute Gasteiger partial charge is 0.377 e. The molecule has 2 N–H and O–H groups in total. The van der Waals surface area contributed by atoms with E-state index >= 15 is 0 Å². The number of benzene rings is 1. The number of hydrogen-bond donors (Lipinski definition) is 2. The number of alkyl halides is 3. The Labute approximate surface area is 218 Å². The molecule has 39 heavy (non-hydrogen) atoms. The Morgan fingerprint density at radius 1 is 1.08 bits per heavy atom. The topological polar surface area (TPSA) is 120 Å². The highest BCUT2D eigenvalue weighted by Crippen LogP contribution is 2.59. The Morgan fingerprint density at radius 3 is 2.49 bits per heavy atom. The Balaban J connectivity index is 1.07. The van der Waals surface area contributed by atoms with Gasteiger partial charge in [-0.3, -0.25) is 4.79 Å². The zero-order valence-corrected chi connectivity index (χ0v) is 20.2. The Bertz CT molecular complexity index is 1510. The molecule has 0 atom stereocenters. The van der Waals surface area contributed by atoms with E-state index in [1.165, 1.54) is 24.5 Å². The number of nitrogens with zero attached hydrogens (tertiary/aromatic N) is 5. The molecule has 202 valence electrons. The molecular formula is C25H21F4N7O3. The van der Waals surface area contributed by atoms with Crippen molar-refractivity contribution in [2.24, 2.45) is 0 Å². The lowest BCUT2D eigenvalue weighted by Gasteiger charge is -2.26. The van der Waals surface area contributed by atoms with Gasteiger partial charge in [-0.15, -0.1) is 0 Å². The van der Waals surface area contributed by atoms with Gasteiger partial charge in [-0.25, -0.2) is 19.3 Å². The first-order valence-corrected chi connectivity index (χ1v) is 12.0. The van der Waals surface area contributed by atoms with Gasteiger partial charge >= 0.3 is 6.18 Å². The number of imidazole rings is 1. The van der Waals surface area contributed by atoms with E-state index < -0.39 is 23.3 Å². The number of anilines is 3. The van der Waals surface area contributed by atoms with Crippen LogP contribution < -0.4 is 10.6 Å². The van der Waals surface area contributed by atoms with Crippen LogP contribution in [0, 0.1) is 5.82 Å². The van der Waals surface area contributed by atoms with Gasteiger partial charge in [0, 0.05) is 30.2 Å². The minimum absolute atomic E-state index is 0.0944. The first-order valence-electron chi connectivity index (χ1n) is 12.0. The molecule has 14 heteroatoms. The lowest BCUT2D eigenvalue weighted by molar-refractivity contribution is -0.165. The largest absolute Gasteiger partial charge is 0.401 e. The number of carbonyl (C=O) groups excluding carboxylic acids is 1. The molecule has 1 aromatic carbocycles. The van der Waals surface area contributed by atoms with Crippen molar-refractivity contribution in [2.75, 3.05) is 23.8 Å². The van der Waals surface area contributed by atoms with E-state index in [1.807, 2.05) is 10.8 Å². The minimum Gasteiger partial charge on any atom is -0.377 e. The maximum Gasteiger partial charge on any atom is 0.401 e. The van der Waals surface area contributed by atoms with Gasteiger partial charge in [-0.05, 0) is 30.0 Å². The molecule has 4 heterocycles. The second-order valence-corrected chi connectivity index (χ2v) is 9.51. The summed E-state index contributed by atoms with van der Waals surface area (Å²) in [5.41, 5.74) is -0.889. The zero-order chi connectivity index (χ0) is 27.2. The van der Waals surface area contributed by atoms with Gasteiger partial charge in [-0.1, -0.05) is 17.3 Å². The number of ether oxygens (including phenoxy) is 1. The minimum atomic E-state index is -4.46. The summed E-state index contributed by atoms with van der Waals surface area (Å²) in [4.78, 5) is 25.2. The maximum absolute atomic E-state index is 14.8. The summed E-state index contributed by atoms with van der Waals surface area (Å²) in [6.45, 7) is 1.30. The van der Waals surface area contributed by atoms with Crippen LogP contribution in [-0.2, 0) is 21.4 Å². The average molecular weight is 543 g/mol. The first kappa shape index (κ1) is 25.0. The van der Waals surface area contributed by atoms with Crippen molar-refractivity contribution in [1.29, 1.82) is 0 Å². The van der Waals surface area contributed by atoms with Crippen molar-refractivity contribution in [2.45, 2.75) is 36.9 Å². The average Bonchev–Trinajstić information content (AvgIpc) is 3.38. The van der Waals surface area contributed by atoms with E-state index in [-0.39, 0.29) is 42.4 Å². The van der Waals surface area contributed by atoms with Crippen molar-refractivity contribution in [3.8, 4) is 11.1 Å². The fraction of sp³-hybridized carbons (Fsp3) is 0.320. The molecule has 1 aliphatic heterocycles. The molecule has 1 saturated heterocycles. The van der Waals surface area contributed by atoms with Gasteiger partial charge in [0.2, 0.25) is 11.9 Å². The molecule has 10 nitrogen and oxygen atoms in total. The molecule has 4 aromatic rings. The van der Waals surface area contributed by atoms with Crippen molar-refractivity contribution in [3.05, 3.63) is 66.3 Å². The third-order valence-electron chi connectivity index (χ3n) is 6.81. The van der Waals surface area contributed by atoms with Gasteiger partial charge in [0.05, 0.1) is 32.0 Å². The highest BCUT2D eigenvalue weighted by Gasteiger charge is 2.66. The monoisotopic (exact) mass is 543 g/mol. The molecule has 1 saturated carbocycles.